The van der Waals surface area contributed by atoms with E-state index in [-0.39, 0.29) is 5.91 Å². The van der Waals surface area contributed by atoms with Gasteiger partial charge in [-0.1, -0.05) is 13.8 Å². The predicted octanol–water partition coefficient (Wildman–Crippen LogP) is 3.85. The molecule has 34 heavy (non-hydrogen) atoms. The molecule has 0 aliphatic carbocycles. The first-order chi connectivity index (χ1) is 16.6. The fourth-order valence-corrected chi connectivity index (χ4v) is 4.50. The molecule has 2 heterocycles. The molecule has 0 unspecified atom stereocenters. The monoisotopic (exact) mass is 465 g/mol. The van der Waals surface area contributed by atoms with E-state index >= 15 is 0 Å². The number of piperazine rings is 1. The summed E-state index contributed by atoms with van der Waals surface area (Å²) in [6.45, 7) is 11.6. The molecule has 1 N–H and O–H groups in total. The summed E-state index contributed by atoms with van der Waals surface area (Å²) in [6.07, 6.45) is 1.04. The molecular formula is C26H35N5O3. The zero-order chi connectivity index (χ0) is 24.1. The largest absolute Gasteiger partial charge is 0.493 e. The quantitative estimate of drug-likeness (QED) is 0.518. The zero-order valence-electron chi connectivity index (χ0n) is 20.6. The number of carbonyl (C=O) groups is 1. The lowest BCUT2D eigenvalue weighted by molar-refractivity contribution is 0.102. The average molecular weight is 466 g/mol. The molecule has 4 rings (SSSR count). The SMILES string of the molecule is CCCn1c(CN2CCN(CC)CC2)nc2cc(NC(=O)c3ccc(OC)c(OC)c3)ccc21. The number of likely N-dealkylation sites (N-methyl/N-ethyl adjacent to an activating group) is 1. The summed E-state index contributed by atoms with van der Waals surface area (Å²) in [4.78, 5) is 22.8. The maximum atomic E-state index is 12.9. The number of anilines is 1. The van der Waals surface area contributed by atoms with Crippen LogP contribution in [0.4, 0.5) is 5.69 Å². The van der Waals surface area contributed by atoms with Crippen LogP contribution in [-0.2, 0) is 13.1 Å². The van der Waals surface area contributed by atoms with E-state index in [0.29, 0.717) is 17.1 Å². The van der Waals surface area contributed by atoms with Gasteiger partial charge in [-0.05, 0) is 49.4 Å². The molecule has 1 fully saturated rings. The Labute approximate surface area is 201 Å². The Kier molecular flexibility index (Phi) is 7.70. The molecule has 8 heteroatoms. The van der Waals surface area contributed by atoms with Gasteiger partial charge in [0.05, 0.1) is 31.8 Å². The van der Waals surface area contributed by atoms with Crippen LogP contribution in [0.2, 0.25) is 0 Å². The first kappa shape index (κ1) is 24.0. The molecule has 1 saturated heterocycles. The van der Waals surface area contributed by atoms with Crippen molar-refractivity contribution in [3.8, 4) is 11.5 Å². The van der Waals surface area contributed by atoms with Gasteiger partial charge in [0.15, 0.2) is 11.5 Å². The minimum atomic E-state index is -0.206. The lowest BCUT2D eigenvalue weighted by atomic mass is 10.1. The maximum absolute atomic E-state index is 12.9. The van der Waals surface area contributed by atoms with E-state index in [1.807, 2.05) is 12.1 Å². The molecule has 3 aromatic rings. The van der Waals surface area contributed by atoms with Gasteiger partial charge >= 0.3 is 0 Å². The van der Waals surface area contributed by atoms with Crippen molar-refractivity contribution in [2.24, 2.45) is 0 Å². The van der Waals surface area contributed by atoms with Crippen LogP contribution in [0.3, 0.4) is 0 Å². The molecule has 1 aliphatic rings. The molecule has 1 aromatic heterocycles. The average Bonchev–Trinajstić information content (AvgIpc) is 3.20. The van der Waals surface area contributed by atoms with E-state index in [2.05, 4.69) is 39.6 Å². The van der Waals surface area contributed by atoms with Gasteiger partial charge in [-0.25, -0.2) is 4.98 Å². The molecule has 182 valence electrons. The molecule has 0 bridgehead atoms. The van der Waals surface area contributed by atoms with Crippen molar-refractivity contribution in [1.82, 2.24) is 19.4 Å². The number of imidazole rings is 1. The Balaban J connectivity index is 1.53. The first-order valence-corrected chi connectivity index (χ1v) is 12.0. The number of carbonyl (C=O) groups excluding carboxylic acids is 1. The van der Waals surface area contributed by atoms with Crippen molar-refractivity contribution in [1.29, 1.82) is 0 Å². The molecule has 0 radical (unpaired) electrons. The highest BCUT2D eigenvalue weighted by Crippen LogP contribution is 2.28. The van der Waals surface area contributed by atoms with Crippen molar-refractivity contribution < 1.29 is 14.3 Å². The summed E-state index contributed by atoms with van der Waals surface area (Å²) in [6, 6.07) is 11.1. The Morgan fingerprint density at radius 3 is 2.38 bits per heavy atom. The number of benzene rings is 2. The number of aromatic nitrogens is 2. The summed E-state index contributed by atoms with van der Waals surface area (Å²) in [7, 11) is 3.13. The minimum absolute atomic E-state index is 0.206. The Morgan fingerprint density at radius 2 is 1.71 bits per heavy atom. The van der Waals surface area contributed by atoms with Crippen molar-refractivity contribution in [2.45, 2.75) is 33.4 Å². The summed E-state index contributed by atoms with van der Waals surface area (Å²) >= 11 is 0. The van der Waals surface area contributed by atoms with Gasteiger partial charge in [-0.15, -0.1) is 0 Å². The molecular weight excluding hydrogens is 430 g/mol. The van der Waals surface area contributed by atoms with Gasteiger partial charge in [0, 0.05) is 44.0 Å². The second-order valence-corrected chi connectivity index (χ2v) is 8.62. The summed E-state index contributed by atoms with van der Waals surface area (Å²) in [5, 5.41) is 2.99. The normalized spacial score (nSPS) is 14.9. The Bertz CT molecular complexity index is 1130. The van der Waals surface area contributed by atoms with Crippen molar-refractivity contribution >= 4 is 22.6 Å². The smallest absolute Gasteiger partial charge is 0.255 e. The highest BCUT2D eigenvalue weighted by atomic mass is 16.5. The van der Waals surface area contributed by atoms with Crippen LogP contribution in [0.15, 0.2) is 36.4 Å². The van der Waals surface area contributed by atoms with Gasteiger partial charge in [-0.2, -0.15) is 0 Å². The van der Waals surface area contributed by atoms with E-state index in [1.165, 1.54) is 0 Å². The Hall–Kier alpha value is -3.10. The molecule has 1 amide bonds. The van der Waals surface area contributed by atoms with E-state index in [9.17, 15) is 4.79 Å². The number of amides is 1. The number of fused-ring (bicyclic) bond motifs is 1. The molecule has 0 atom stereocenters. The third-order valence-corrected chi connectivity index (χ3v) is 6.46. The zero-order valence-corrected chi connectivity index (χ0v) is 20.6. The minimum Gasteiger partial charge on any atom is -0.493 e. The van der Waals surface area contributed by atoms with Crippen LogP contribution < -0.4 is 14.8 Å². The third kappa shape index (κ3) is 5.18. The van der Waals surface area contributed by atoms with Gasteiger partial charge < -0.3 is 24.3 Å². The van der Waals surface area contributed by atoms with E-state index in [4.69, 9.17) is 14.5 Å². The van der Waals surface area contributed by atoms with Crippen LogP contribution in [0.25, 0.3) is 11.0 Å². The van der Waals surface area contributed by atoms with Crippen molar-refractivity contribution in [2.75, 3.05) is 52.3 Å². The molecule has 2 aromatic carbocycles. The number of nitrogens with zero attached hydrogens (tertiary/aromatic N) is 4. The van der Waals surface area contributed by atoms with Crippen LogP contribution in [-0.4, -0.2) is 72.2 Å². The summed E-state index contributed by atoms with van der Waals surface area (Å²) in [5.41, 5.74) is 3.23. The van der Waals surface area contributed by atoms with E-state index < -0.39 is 0 Å². The lowest BCUT2D eigenvalue weighted by Crippen LogP contribution is -2.45. The van der Waals surface area contributed by atoms with E-state index in [1.54, 1.807) is 32.4 Å². The fourth-order valence-electron chi connectivity index (χ4n) is 4.50. The summed E-state index contributed by atoms with van der Waals surface area (Å²) < 4.78 is 12.9. The Morgan fingerprint density at radius 1 is 0.971 bits per heavy atom. The van der Waals surface area contributed by atoms with Gasteiger partial charge in [0.1, 0.15) is 5.82 Å². The predicted molar refractivity (Wildman–Crippen MR) is 135 cm³/mol. The van der Waals surface area contributed by atoms with Crippen LogP contribution in [0.5, 0.6) is 11.5 Å². The number of ether oxygens (including phenoxy) is 2. The third-order valence-electron chi connectivity index (χ3n) is 6.46. The van der Waals surface area contributed by atoms with Gasteiger partial charge in [-0.3, -0.25) is 9.69 Å². The van der Waals surface area contributed by atoms with E-state index in [0.717, 1.165) is 74.8 Å². The number of methoxy groups -OCH3 is 2. The molecule has 0 spiro atoms. The topological polar surface area (TPSA) is 71.9 Å². The second kappa shape index (κ2) is 10.9. The number of rotatable bonds is 9. The van der Waals surface area contributed by atoms with Crippen molar-refractivity contribution in [3.63, 3.8) is 0 Å². The highest BCUT2D eigenvalue weighted by Gasteiger charge is 2.19. The molecule has 1 aliphatic heterocycles. The summed E-state index contributed by atoms with van der Waals surface area (Å²) in [5.74, 6) is 1.99. The first-order valence-electron chi connectivity index (χ1n) is 12.0. The number of nitrogens with one attached hydrogen (secondary N) is 1. The van der Waals surface area contributed by atoms with Crippen LogP contribution in [0, 0.1) is 0 Å². The van der Waals surface area contributed by atoms with Gasteiger partial charge in [0.2, 0.25) is 0 Å². The van der Waals surface area contributed by atoms with Gasteiger partial charge in [0.25, 0.3) is 5.91 Å². The molecule has 8 nitrogen and oxygen atoms in total. The van der Waals surface area contributed by atoms with Crippen molar-refractivity contribution in [3.05, 3.63) is 47.8 Å². The lowest BCUT2D eigenvalue weighted by Gasteiger charge is -2.33. The van der Waals surface area contributed by atoms with Crippen LogP contribution in [0.1, 0.15) is 36.5 Å². The second-order valence-electron chi connectivity index (χ2n) is 8.62. The highest BCUT2D eigenvalue weighted by molar-refractivity contribution is 6.05. The van der Waals surface area contributed by atoms with Crippen LogP contribution >= 0.6 is 0 Å². The fraction of sp³-hybridized carbons (Fsp3) is 0.462. The standard InChI is InChI=1S/C26H35N5O3/c1-5-11-31-22-9-8-20(27-26(32)19-7-10-23(33-3)24(16-19)34-4)17-21(22)28-25(31)18-30-14-12-29(6-2)13-15-30/h7-10,16-17H,5-6,11-15,18H2,1-4H3,(H,27,32). The number of hydrogen-bond acceptors (Lipinski definition) is 6. The maximum Gasteiger partial charge on any atom is 0.255 e. The number of aryl methyl sites for hydroxylation is 1. The number of hydrogen-bond donors (Lipinski definition) is 1. The molecule has 0 saturated carbocycles.